The summed E-state index contributed by atoms with van der Waals surface area (Å²) >= 11 is 0. The Labute approximate surface area is 139 Å². The zero-order valence-electron chi connectivity index (χ0n) is 13.3. The van der Waals surface area contributed by atoms with Gasteiger partial charge in [0.05, 0.1) is 22.6 Å². The minimum Gasteiger partial charge on any atom is -0.481 e. The Morgan fingerprint density at radius 3 is 2.04 bits per heavy atom. The van der Waals surface area contributed by atoms with Crippen molar-refractivity contribution in [2.45, 2.75) is 37.6 Å². The molecule has 4 fully saturated rings. The van der Waals surface area contributed by atoms with Crippen LogP contribution in [0, 0.1) is 23.7 Å². The molecule has 124 valence electrons. The van der Waals surface area contributed by atoms with Crippen molar-refractivity contribution in [3.63, 3.8) is 0 Å². The number of hydrogen-bond donors (Lipinski definition) is 1. The van der Waals surface area contributed by atoms with Gasteiger partial charge in [-0.15, -0.1) is 0 Å². The summed E-state index contributed by atoms with van der Waals surface area (Å²) in [5, 5.41) is 9.91. The fraction of sp³-hybridized carbons (Fsp3) is 0.526. The Hall–Kier alpha value is -2.17. The van der Waals surface area contributed by atoms with Crippen molar-refractivity contribution in [3.8, 4) is 0 Å². The lowest BCUT2D eigenvalue weighted by atomic mass is 9.48. The molecule has 5 heteroatoms. The highest BCUT2D eigenvalue weighted by Crippen LogP contribution is 2.61. The van der Waals surface area contributed by atoms with Gasteiger partial charge in [-0.05, 0) is 62.0 Å². The van der Waals surface area contributed by atoms with Crippen LogP contribution in [-0.2, 0) is 4.79 Å². The molecule has 5 nitrogen and oxygen atoms in total. The normalized spacial score (nSPS) is 39.4. The van der Waals surface area contributed by atoms with Gasteiger partial charge < -0.3 is 5.11 Å². The number of amides is 2. The fourth-order valence-electron chi connectivity index (χ4n) is 6.34. The van der Waals surface area contributed by atoms with Crippen molar-refractivity contribution < 1.29 is 19.5 Å². The number of carboxylic acids is 1. The van der Waals surface area contributed by atoms with Crippen molar-refractivity contribution in [1.29, 1.82) is 0 Å². The topological polar surface area (TPSA) is 74.7 Å². The first-order chi connectivity index (χ1) is 11.5. The van der Waals surface area contributed by atoms with Crippen molar-refractivity contribution in [3.05, 3.63) is 35.4 Å². The second-order valence-corrected chi connectivity index (χ2v) is 8.02. The van der Waals surface area contributed by atoms with Crippen LogP contribution >= 0.6 is 0 Å². The van der Waals surface area contributed by atoms with Gasteiger partial charge >= 0.3 is 5.97 Å². The van der Waals surface area contributed by atoms with E-state index in [9.17, 15) is 19.5 Å². The minimum atomic E-state index is -0.852. The van der Waals surface area contributed by atoms with Gasteiger partial charge in [-0.2, -0.15) is 0 Å². The molecule has 1 aliphatic heterocycles. The summed E-state index contributed by atoms with van der Waals surface area (Å²) in [6, 6.07) is 6.85. The Kier molecular flexibility index (Phi) is 2.64. The van der Waals surface area contributed by atoms with Crippen LogP contribution in [0.4, 0.5) is 0 Å². The van der Waals surface area contributed by atoms with Crippen LogP contribution in [0.1, 0.15) is 52.8 Å². The Bertz CT molecular complexity index is 736. The summed E-state index contributed by atoms with van der Waals surface area (Å²) in [6.45, 7) is 0. The summed E-state index contributed by atoms with van der Waals surface area (Å²) < 4.78 is 0. The number of imide groups is 1. The maximum Gasteiger partial charge on any atom is 0.309 e. The largest absolute Gasteiger partial charge is 0.481 e. The number of carbonyl (C=O) groups is 3. The highest BCUT2D eigenvalue weighted by Gasteiger charge is 2.65. The van der Waals surface area contributed by atoms with Crippen LogP contribution in [0.5, 0.6) is 0 Å². The molecule has 2 amide bonds. The van der Waals surface area contributed by atoms with Crippen LogP contribution in [-0.4, -0.2) is 33.3 Å². The van der Waals surface area contributed by atoms with Crippen LogP contribution in [0.3, 0.4) is 0 Å². The van der Waals surface area contributed by atoms with E-state index in [2.05, 4.69) is 0 Å². The number of rotatable bonds is 2. The summed E-state index contributed by atoms with van der Waals surface area (Å²) in [4.78, 5) is 39.4. The van der Waals surface area contributed by atoms with E-state index >= 15 is 0 Å². The standard InChI is InChI=1S/C19H19NO4/c21-16-13-3-1-2-4-14(13)17(22)20(16)19-8-10-5-11(9-19)7-12(6-10)15(19)18(23)24/h1-4,10-12,15H,5-9H2,(H,23,24)/t10-,11+,12?,15?,19?. The molecule has 1 N–H and O–H groups in total. The van der Waals surface area contributed by atoms with Gasteiger partial charge in [0.25, 0.3) is 11.8 Å². The van der Waals surface area contributed by atoms with E-state index in [0.29, 0.717) is 35.8 Å². The van der Waals surface area contributed by atoms with Crippen LogP contribution in [0.15, 0.2) is 24.3 Å². The van der Waals surface area contributed by atoms with E-state index in [-0.39, 0.29) is 17.7 Å². The average molecular weight is 325 g/mol. The van der Waals surface area contributed by atoms with E-state index < -0.39 is 17.4 Å². The second kappa shape index (κ2) is 4.47. The molecule has 0 radical (unpaired) electrons. The molecule has 5 atom stereocenters. The summed E-state index contributed by atoms with van der Waals surface area (Å²) in [5.41, 5.74) is 0.0121. The molecular weight excluding hydrogens is 306 g/mol. The second-order valence-electron chi connectivity index (χ2n) is 8.02. The van der Waals surface area contributed by atoms with Gasteiger partial charge in [-0.1, -0.05) is 12.1 Å². The van der Waals surface area contributed by atoms with Crippen molar-refractivity contribution in [2.75, 3.05) is 0 Å². The van der Waals surface area contributed by atoms with E-state index in [1.165, 1.54) is 4.90 Å². The maximum absolute atomic E-state index is 13.0. The maximum atomic E-state index is 13.0. The fourth-order valence-corrected chi connectivity index (χ4v) is 6.34. The number of carboxylic acid groups (broad SMARTS) is 1. The summed E-state index contributed by atoms with van der Waals surface area (Å²) in [5.74, 6) is -1.08. The lowest BCUT2D eigenvalue weighted by Crippen LogP contribution is -2.68. The molecule has 1 aromatic rings. The first-order valence-corrected chi connectivity index (χ1v) is 8.72. The van der Waals surface area contributed by atoms with Gasteiger partial charge in [0.1, 0.15) is 0 Å². The van der Waals surface area contributed by atoms with Crippen LogP contribution in [0.2, 0.25) is 0 Å². The molecule has 6 rings (SSSR count). The predicted octanol–water partition coefficient (Wildman–Crippen LogP) is 2.56. The van der Waals surface area contributed by atoms with Crippen molar-refractivity contribution in [1.82, 2.24) is 4.90 Å². The SMILES string of the molecule is O=C(O)C1C2C[C@@H]3C[C@H](C2)CC1(N1C(=O)c2ccccc2C1=O)C3. The monoisotopic (exact) mass is 325 g/mol. The third-order valence-electron chi connectivity index (χ3n) is 6.78. The number of carbonyl (C=O) groups excluding carboxylic acids is 2. The van der Waals surface area contributed by atoms with E-state index in [1.807, 2.05) is 0 Å². The van der Waals surface area contributed by atoms with E-state index in [0.717, 1.165) is 19.3 Å². The lowest BCUT2D eigenvalue weighted by Gasteiger charge is -2.61. The zero-order chi connectivity index (χ0) is 16.6. The number of hydrogen-bond acceptors (Lipinski definition) is 3. The third-order valence-corrected chi connectivity index (χ3v) is 6.78. The van der Waals surface area contributed by atoms with Gasteiger partial charge in [-0.25, -0.2) is 0 Å². The summed E-state index contributed by atoms with van der Waals surface area (Å²) in [7, 11) is 0. The highest BCUT2D eigenvalue weighted by molar-refractivity contribution is 6.22. The quantitative estimate of drug-likeness (QED) is 0.848. The Balaban J connectivity index is 1.66. The minimum absolute atomic E-state index is 0.0954. The first-order valence-electron chi connectivity index (χ1n) is 8.72. The molecule has 4 aliphatic carbocycles. The summed E-state index contributed by atoms with van der Waals surface area (Å²) in [6.07, 6.45) is 4.29. The molecule has 1 aromatic carbocycles. The molecular formula is C19H19NO4. The van der Waals surface area contributed by atoms with Gasteiger partial charge in [0, 0.05) is 0 Å². The van der Waals surface area contributed by atoms with Gasteiger partial charge in [0.2, 0.25) is 0 Å². The van der Waals surface area contributed by atoms with Crippen LogP contribution in [0.25, 0.3) is 0 Å². The van der Waals surface area contributed by atoms with Gasteiger partial charge in [-0.3, -0.25) is 19.3 Å². The number of benzene rings is 1. The molecule has 4 saturated carbocycles. The lowest BCUT2D eigenvalue weighted by molar-refractivity contribution is -0.167. The number of aliphatic carboxylic acids is 1. The molecule has 4 bridgehead atoms. The van der Waals surface area contributed by atoms with Crippen molar-refractivity contribution >= 4 is 17.8 Å². The number of nitrogens with zero attached hydrogens (tertiary/aromatic N) is 1. The average Bonchev–Trinajstić information content (AvgIpc) is 2.78. The molecule has 1 heterocycles. The Morgan fingerprint density at radius 2 is 1.54 bits per heavy atom. The molecule has 0 aromatic heterocycles. The van der Waals surface area contributed by atoms with Gasteiger partial charge in [0.15, 0.2) is 0 Å². The Morgan fingerprint density at radius 1 is 1.00 bits per heavy atom. The zero-order valence-corrected chi connectivity index (χ0v) is 13.3. The molecule has 24 heavy (non-hydrogen) atoms. The van der Waals surface area contributed by atoms with E-state index in [1.54, 1.807) is 24.3 Å². The first kappa shape index (κ1) is 14.2. The molecule has 3 unspecified atom stereocenters. The third kappa shape index (κ3) is 1.57. The highest BCUT2D eigenvalue weighted by atomic mass is 16.4. The smallest absolute Gasteiger partial charge is 0.309 e. The molecule has 0 saturated heterocycles. The predicted molar refractivity (Wildman–Crippen MR) is 84.4 cm³/mol. The van der Waals surface area contributed by atoms with Crippen LogP contribution < -0.4 is 0 Å². The molecule has 0 spiro atoms. The molecule has 5 aliphatic rings. The number of fused-ring (bicyclic) bond motifs is 1. The van der Waals surface area contributed by atoms with Crippen molar-refractivity contribution in [2.24, 2.45) is 23.7 Å². The van der Waals surface area contributed by atoms with E-state index in [4.69, 9.17) is 0 Å².